The highest BCUT2D eigenvalue weighted by Gasteiger charge is 2.41. The first kappa shape index (κ1) is 26.2. The minimum atomic E-state index is -3.86. The van der Waals surface area contributed by atoms with E-state index in [2.05, 4.69) is 36.2 Å². The third-order valence-corrected chi connectivity index (χ3v) is 8.05. The Kier molecular flexibility index (Phi) is 9.15. The predicted molar refractivity (Wildman–Crippen MR) is 133 cm³/mol. The zero-order chi connectivity index (χ0) is 24.7. The molecule has 0 radical (unpaired) electrons. The lowest BCUT2D eigenvalue weighted by molar-refractivity contribution is -0.384. The van der Waals surface area contributed by atoms with Gasteiger partial charge in [0.2, 0.25) is 10.0 Å². The van der Waals surface area contributed by atoms with Crippen LogP contribution in [0.1, 0.15) is 25.8 Å². The van der Waals surface area contributed by atoms with E-state index in [0.29, 0.717) is 45.1 Å². The molecule has 0 saturated carbocycles. The second-order valence-electron chi connectivity index (χ2n) is 9.15. The molecular formula is C24H35N5O4S. The van der Waals surface area contributed by atoms with Gasteiger partial charge in [-0.25, -0.2) is 8.42 Å². The van der Waals surface area contributed by atoms with E-state index in [9.17, 15) is 18.5 Å². The van der Waals surface area contributed by atoms with Crippen molar-refractivity contribution in [1.29, 1.82) is 0 Å². The Labute approximate surface area is 202 Å². The fourth-order valence-corrected chi connectivity index (χ4v) is 5.99. The van der Waals surface area contributed by atoms with Crippen LogP contribution in [0.2, 0.25) is 0 Å². The molecule has 9 nitrogen and oxygen atoms in total. The molecule has 3 N–H and O–H groups in total. The van der Waals surface area contributed by atoms with Crippen LogP contribution >= 0.6 is 0 Å². The molecule has 2 aromatic rings. The average Bonchev–Trinajstić information content (AvgIpc) is 3.20. The van der Waals surface area contributed by atoms with Crippen LogP contribution in [-0.4, -0.2) is 67.4 Å². The highest BCUT2D eigenvalue weighted by molar-refractivity contribution is 7.89. The number of nitro benzene ring substituents is 1. The van der Waals surface area contributed by atoms with Crippen molar-refractivity contribution in [2.24, 2.45) is 11.7 Å². The van der Waals surface area contributed by atoms with Gasteiger partial charge in [0.05, 0.1) is 15.9 Å². The van der Waals surface area contributed by atoms with Gasteiger partial charge in [-0.1, -0.05) is 44.2 Å². The third-order valence-electron chi connectivity index (χ3n) is 6.12. The van der Waals surface area contributed by atoms with Crippen LogP contribution in [-0.2, 0) is 16.6 Å². The monoisotopic (exact) mass is 489 g/mol. The molecule has 1 aliphatic rings. The molecule has 0 aromatic heterocycles. The molecule has 1 saturated heterocycles. The number of nitrogens with zero attached hydrogens (tertiary/aromatic N) is 3. The molecule has 10 heteroatoms. The SMILES string of the molecule is CC(C)CCN([C@@H]1CN(Cc2ccccc2)C[C@H]1NCCN)S(=O)(=O)c1ccc([N+](=O)[O-])cc1. The first-order valence-electron chi connectivity index (χ1n) is 11.7. The van der Waals surface area contributed by atoms with E-state index in [4.69, 9.17) is 5.73 Å². The van der Waals surface area contributed by atoms with Crippen LogP contribution in [0.4, 0.5) is 5.69 Å². The number of benzene rings is 2. The molecule has 186 valence electrons. The van der Waals surface area contributed by atoms with Crippen molar-refractivity contribution < 1.29 is 13.3 Å². The van der Waals surface area contributed by atoms with Crippen LogP contribution in [0.5, 0.6) is 0 Å². The summed E-state index contributed by atoms with van der Waals surface area (Å²) in [6, 6.07) is 14.9. The van der Waals surface area contributed by atoms with Crippen LogP contribution in [0, 0.1) is 16.0 Å². The molecule has 3 rings (SSSR count). The molecule has 0 aliphatic carbocycles. The number of hydrogen-bond acceptors (Lipinski definition) is 7. The second kappa shape index (κ2) is 11.9. The zero-order valence-electron chi connectivity index (χ0n) is 19.8. The molecule has 1 heterocycles. The van der Waals surface area contributed by atoms with Gasteiger partial charge in [-0.2, -0.15) is 4.31 Å². The van der Waals surface area contributed by atoms with Crippen molar-refractivity contribution in [3.05, 3.63) is 70.3 Å². The maximum atomic E-state index is 13.8. The third kappa shape index (κ3) is 6.61. The average molecular weight is 490 g/mol. The van der Waals surface area contributed by atoms with Crippen LogP contribution in [0.25, 0.3) is 0 Å². The highest BCUT2D eigenvalue weighted by Crippen LogP contribution is 2.27. The Hall–Kier alpha value is -2.37. The van der Waals surface area contributed by atoms with Crippen molar-refractivity contribution in [3.8, 4) is 0 Å². The number of nitro groups is 1. The molecule has 0 spiro atoms. The summed E-state index contributed by atoms with van der Waals surface area (Å²) in [4.78, 5) is 12.8. The second-order valence-corrected chi connectivity index (χ2v) is 11.0. The lowest BCUT2D eigenvalue weighted by Crippen LogP contribution is -2.52. The van der Waals surface area contributed by atoms with E-state index < -0.39 is 14.9 Å². The summed E-state index contributed by atoms with van der Waals surface area (Å²) in [6.45, 7) is 7.58. The summed E-state index contributed by atoms with van der Waals surface area (Å²) in [6.07, 6.45) is 0.713. The van der Waals surface area contributed by atoms with Crippen molar-refractivity contribution in [2.45, 2.75) is 43.8 Å². The molecular weight excluding hydrogens is 454 g/mol. The molecule has 2 aromatic carbocycles. The van der Waals surface area contributed by atoms with Gasteiger partial charge in [0.1, 0.15) is 0 Å². The summed E-state index contributed by atoms with van der Waals surface area (Å²) in [5.41, 5.74) is 6.78. The molecule has 0 bridgehead atoms. The minimum absolute atomic E-state index is 0.0703. The quantitative estimate of drug-likeness (QED) is 0.347. The minimum Gasteiger partial charge on any atom is -0.329 e. The van der Waals surface area contributed by atoms with E-state index in [1.165, 1.54) is 29.8 Å². The fraction of sp³-hybridized carbons (Fsp3) is 0.500. The number of non-ortho nitro benzene ring substituents is 1. The van der Waals surface area contributed by atoms with Gasteiger partial charge < -0.3 is 11.1 Å². The van der Waals surface area contributed by atoms with Gasteiger partial charge in [0.25, 0.3) is 5.69 Å². The van der Waals surface area contributed by atoms with Crippen LogP contribution < -0.4 is 11.1 Å². The number of hydrogen-bond donors (Lipinski definition) is 2. The van der Waals surface area contributed by atoms with Crippen LogP contribution in [0.15, 0.2) is 59.5 Å². The molecule has 0 amide bonds. The summed E-state index contributed by atoms with van der Waals surface area (Å²) >= 11 is 0. The van der Waals surface area contributed by atoms with Gasteiger partial charge in [0.15, 0.2) is 0 Å². The first-order valence-corrected chi connectivity index (χ1v) is 13.1. The Morgan fingerprint density at radius 1 is 1.15 bits per heavy atom. The van der Waals surface area contributed by atoms with E-state index in [1.807, 2.05) is 18.2 Å². The lowest BCUT2D eigenvalue weighted by Gasteiger charge is -2.32. The molecule has 1 aliphatic heterocycles. The van der Waals surface area contributed by atoms with E-state index in [-0.39, 0.29) is 22.7 Å². The number of sulfonamides is 1. The zero-order valence-corrected chi connectivity index (χ0v) is 20.7. The largest absolute Gasteiger partial charge is 0.329 e. The molecule has 34 heavy (non-hydrogen) atoms. The maximum Gasteiger partial charge on any atom is 0.269 e. The number of nitrogens with one attached hydrogen (secondary N) is 1. The molecule has 0 unspecified atom stereocenters. The Balaban J connectivity index is 1.91. The lowest BCUT2D eigenvalue weighted by atomic mass is 10.1. The van der Waals surface area contributed by atoms with E-state index in [0.717, 1.165) is 6.54 Å². The topological polar surface area (TPSA) is 122 Å². The van der Waals surface area contributed by atoms with Gasteiger partial charge in [-0.05, 0) is 30.0 Å². The Morgan fingerprint density at radius 2 is 1.82 bits per heavy atom. The Bertz CT molecular complexity index is 1030. The predicted octanol–water partition coefficient (Wildman–Crippen LogP) is 2.43. The van der Waals surface area contributed by atoms with Crippen LogP contribution in [0.3, 0.4) is 0 Å². The van der Waals surface area contributed by atoms with Crippen molar-refractivity contribution in [2.75, 3.05) is 32.7 Å². The summed E-state index contributed by atoms with van der Waals surface area (Å²) in [5, 5.41) is 14.5. The number of likely N-dealkylation sites (tertiary alicyclic amines) is 1. The van der Waals surface area contributed by atoms with E-state index in [1.54, 1.807) is 4.31 Å². The number of nitrogens with two attached hydrogens (primary N) is 1. The van der Waals surface area contributed by atoms with Gasteiger partial charge >= 0.3 is 0 Å². The van der Waals surface area contributed by atoms with Crippen molar-refractivity contribution in [1.82, 2.24) is 14.5 Å². The fourth-order valence-electron chi connectivity index (χ4n) is 4.32. The normalized spacial score (nSPS) is 19.2. The van der Waals surface area contributed by atoms with E-state index >= 15 is 0 Å². The summed E-state index contributed by atoms with van der Waals surface area (Å²) < 4.78 is 29.2. The van der Waals surface area contributed by atoms with Gasteiger partial charge in [0, 0.05) is 57.4 Å². The smallest absolute Gasteiger partial charge is 0.269 e. The summed E-state index contributed by atoms with van der Waals surface area (Å²) in [7, 11) is -3.86. The first-order chi connectivity index (χ1) is 16.2. The standard InChI is InChI=1S/C24H35N5O4S/c1-19(2)12-15-28(34(32,33)22-10-8-21(9-11-22)29(30)31)24-18-27(17-23(24)26-14-13-25)16-20-6-4-3-5-7-20/h3-11,19,23-24,26H,12-18,25H2,1-2H3/t23-,24-/m1/s1. The number of rotatable bonds is 12. The van der Waals surface area contributed by atoms with Crippen molar-refractivity contribution in [3.63, 3.8) is 0 Å². The maximum absolute atomic E-state index is 13.8. The summed E-state index contributed by atoms with van der Waals surface area (Å²) in [5.74, 6) is 0.326. The highest BCUT2D eigenvalue weighted by atomic mass is 32.2. The van der Waals surface area contributed by atoms with Gasteiger partial charge in [-0.3, -0.25) is 15.0 Å². The van der Waals surface area contributed by atoms with Gasteiger partial charge in [-0.15, -0.1) is 0 Å². The molecule has 1 fully saturated rings. The van der Waals surface area contributed by atoms with Crippen molar-refractivity contribution >= 4 is 15.7 Å². The molecule has 2 atom stereocenters. The Morgan fingerprint density at radius 3 is 2.41 bits per heavy atom.